The van der Waals surface area contributed by atoms with E-state index in [9.17, 15) is 9.59 Å². The number of nitrogens with zero attached hydrogens (tertiary/aromatic N) is 1. The first-order chi connectivity index (χ1) is 13.7. The maximum Gasteiger partial charge on any atom is 0.238 e. The first-order valence-corrected chi connectivity index (χ1v) is 10.7. The highest BCUT2D eigenvalue weighted by Gasteiger charge is 2.30. The first-order valence-electron chi connectivity index (χ1n) is 9.82. The molecule has 2 amide bonds. The van der Waals surface area contributed by atoms with Gasteiger partial charge in [0.15, 0.2) is 0 Å². The van der Waals surface area contributed by atoms with Crippen molar-refractivity contribution in [2.24, 2.45) is 0 Å². The summed E-state index contributed by atoms with van der Waals surface area (Å²) in [6.45, 7) is 2.97. The quantitative estimate of drug-likeness (QED) is 0.787. The molecule has 2 aliphatic rings. The molecule has 2 N–H and O–H groups in total. The average Bonchev–Trinajstić information content (AvgIpc) is 3.22. The van der Waals surface area contributed by atoms with Gasteiger partial charge in [0, 0.05) is 17.9 Å². The number of carbonyl (C=O) groups is 2. The molecule has 28 heavy (non-hydrogen) atoms. The Labute approximate surface area is 169 Å². The number of hydrogen-bond acceptors (Lipinski definition) is 4. The van der Waals surface area contributed by atoms with Gasteiger partial charge in [-0.15, -0.1) is 11.8 Å². The molecule has 2 aromatic carbocycles. The molecule has 2 heterocycles. The molecule has 1 saturated heterocycles. The highest BCUT2D eigenvalue weighted by molar-refractivity contribution is 8.01. The van der Waals surface area contributed by atoms with Crippen molar-refractivity contribution in [1.82, 2.24) is 10.2 Å². The largest absolute Gasteiger partial charge is 0.348 e. The van der Waals surface area contributed by atoms with Crippen LogP contribution < -0.4 is 10.6 Å². The number of para-hydroxylation sites is 1. The zero-order valence-electron chi connectivity index (χ0n) is 15.8. The standard InChI is InChI=1S/C22H25N3O2S/c26-21(14-20-22(27)24-17-10-4-5-11-19(17)28-20)23-18(15-25-12-6-7-13-25)16-8-2-1-3-9-16/h1-5,8-11,18,20H,6-7,12-15H2,(H,23,26)(H,24,27). The number of carbonyl (C=O) groups excluding carboxylic acids is 2. The molecule has 2 atom stereocenters. The second-order valence-corrected chi connectivity index (χ2v) is 8.58. The Hall–Kier alpha value is -2.31. The van der Waals surface area contributed by atoms with E-state index in [2.05, 4.69) is 27.7 Å². The van der Waals surface area contributed by atoms with E-state index in [1.54, 1.807) is 0 Å². The molecule has 2 aliphatic heterocycles. The summed E-state index contributed by atoms with van der Waals surface area (Å²) in [6, 6.07) is 17.7. The maximum absolute atomic E-state index is 12.8. The Morgan fingerprint density at radius 2 is 1.82 bits per heavy atom. The highest BCUT2D eigenvalue weighted by atomic mass is 32.2. The minimum Gasteiger partial charge on any atom is -0.348 e. The Morgan fingerprint density at radius 3 is 2.61 bits per heavy atom. The van der Waals surface area contributed by atoms with Crippen LogP contribution in [-0.2, 0) is 9.59 Å². The first kappa shape index (κ1) is 19.0. The fraction of sp³-hybridized carbons (Fsp3) is 0.364. The number of anilines is 1. The lowest BCUT2D eigenvalue weighted by atomic mass is 10.1. The molecular formula is C22H25N3O2S. The van der Waals surface area contributed by atoms with Crippen LogP contribution in [0.1, 0.15) is 30.9 Å². The summed E-state index contributed by atoms with van der Waals surface area (Å²) in [7, 11) is 0. The highest BCUT2D eigenvalue weighted by Crippen LogP contribution is 2.36. The van der Waals surface area contributed by atoms with Crippen LogP contribution in [0.3, 0.4) is 0 Å². The van der Waals surface area contributed by atoms with E-state index in [1.807, 2.05) is 42.5 Å². The number of fused-ring (bicyclic) bond motifs is 1. The summed E-state index contributed by atoms with van der Waals surface area (Å²) < 4.78 is 0. The van der Waals surface area contributed by atoms with Crippen LogP contribution in [0.4, 0.5) is 5.69 Å². The van der Waals surface area contributed by atoms with Crippen LogP contribution in [0.15, 0.2) is 59.5 Å². The molecule has 4 rings (SSSR count). The van der Waals surface area contributed by atoms with Gasteiger partial charge in [-0.05, 0) is 43.6 Å². The van der Waals surface area contributed by atoms with Crippen LogP contribution >= 0.6 is 11.8 Å². The Bertz CT molecular complexity index is 837. The zero-order valence-corrected chi connectivity index (χ0v) is 16.6. The molecule has 0 saturated carbocycles. The minimum atomic E-state index is -0.405. The van der Waals surface area contributed by atoms with E-state index in [4.69, 9.17) is 0 Å². The normalized spacial score (nSPS) is 20.3. The van der Waals surface area contributed by atoms with Crippen LogP contribution in [0.25, 0.3) is 0 Å². The van der Waals surface area contributed by atoms with Gasteiger partial charge in [-0.25, -0.2) is 0 Å². The fourth-order valence-corrected chi connectivity index (χ4v) is 4.90. The molecule has 0 spiro atoms. The van der Waals surface area contributed by atoms with E-state index in [1.165, 1.54) is 24.6 Å². The van der Waals surface area contributed by atoms with Crippen molar-refractivity contribution in [3.05, 3.63) is 60.2 Å². The summed E-state index contributed by atoms with van der Waals surface area (Å²) in [5.74, 6) is -0.185. The molecule has 0 bridgehead atoms. The SMILES string of the molecule is O=C(CC1Sc2ccccc2NC1=O)NC(CN1CCCC1)c1ccccc1. The molecule has 1 fully saturated rings. The molecule has 5 nitrogen and oxygen atoms in total. The van der Waals surface area contributed by atoms with Gasteiger partial charge >= 0.3 is 0 Å². The Morgan fingerprint density at radius 1 is 1.11 bits per heavy atom. The average molecular weight is 396 g/mol. The van der Waals surface area contributed by atoms with Crippen LogP contribution in [0.5, 0.6) is 0 Å². The van der Waals surface area contributed by atoms with Crippen LogP contribution in [0.2, 0.25) is 0 Å². The van der Waals surface area contributed by atoms with Gasteiger partial charge in [0.2, 0.25) is 11.8 Å². The summed E-state index contributed by atoms with van der Waals surface area (Å²) >= 11 is 1.47. The zero-order chi connectivity index (χ0) is 19.3. The van der Waals surface area contributed by atoms with E-state index in [0.29, 0.717) is 0 Å². The monoisotopic (exact) mass is 395 g/mol. The lowest BCUT2D eigenvalue weighted by Crippen LogP contribution is -2.40. The molecule has 6 heteroatoms. The topological polar surface area (TPSA) is 61.4 Å². The third-order valence-corrected chi connectivity index (χ3v) is 6.53. The van der Waals surface area contributed by atoms with Gasteiger partial charge < -0.3 is 15.5 Å². The van der Waals surface area contributed by atoms with Crippen LogP contribution in [-0.4, -0.2) is 41.6 Å². The fourth-order valence-electron chi connectivity index (χ4n) is 3.79. The lowest BCUT2D eigenvalue weighted by Gasteiger charge is -2.27. The molecule has 2 aromatic rings. The molecule has 2 unspecified atom stereocenters. The summed E-state index contributed by atoms with van der Waals surface area (Å²) in [4.78, 5) is 28.6. The van der Waals surface area contributed by atoms with E-state index < -0.39 is 5.25 Å². The number of nitrogens with one attached hydrogen (secondary N) is 2. The van der Waals surface area contributed by atoms with Gasteiger partial charge in [0.05, 0.1) is 17.0 Å². The number of hydrogen-bond donors (Lipinski definition) is 2. The van der Waals surface area contributed by atoms with Crippen molar-refractivity contribution in [2.75, 3.05) is 25.0 Å². The van der Waals surface area contributed by atoms with Crippen molar-refractivity contribution >= 4 is 29.3 Å². The van der Waals surface area contributed by atoms with E-state index in [-0.39, 0.29) is 24.3 Å². The van der Waals surface area contributed by atoms with Gasteiger partial charge in [-0.2, -0.15) is 0 Å². The Kier molecular flexibility index (Phi) is 5.98. The van der Waals surface area contributed by atoms with Crippen molar-refractivity contribution in [3.63, 3.8) is 0 Å². The van der Waals surface area contributed by atoms with Crippen molar-refractivity contribution in [3.8, 4) is 0 Å². The summed E-state index contributed by atoms with van der Waals surface area (Å²) in [5, 5.41) is 5.68. The van der Waals surface area contributed by atoms with Crippen molar-refractivity contribution in [2.45, 2.75) is 35.4 Å². The van der Waals surface area contributed by atoms with Gasteiger partial charge in [-0.1, -0.05) is 42.5 Å². The van der Waals surface area contributed by atoms with Gasteiger partial charge in [0.1, 0.15) is 0 Å². The molecule has 0 aliphatic carbocycles. The van der Waals surface area contributed by atoms with Crippen molar-refractivity contribution < 1.29 is 9.59 Å². The predicted octanol–water partition coefficient (Wildman–Crippen LogP) is 3.44. The number of amides is 2. The second-order valence-electron chi connectivity index (χ2n) is 7.33. The number of thioether (sulfide) groups is 1. The molecule has 0 aromatic heterocycles. The smallest absolute Gasteiger partial charge is 0.238 e. The lowest BCUT2D eigenvalue weighted by molar-refractivity contribution is -0.124. The minimum absolute atomic E-state index is 0.0595. The Balaban J connectivity index is 1.42. The number of rotatable bonds is 6. The van der Waals surface area contributed by atoms with Crippen LogP contribution in [0, 0.1) is 0 Å². The molecule has 0 radical (unpaired) electrons. The predicted molar refractivity (Wildman–Crippen MR) is 112 cm³/mol. The summed E-state index contributed by atoms with van der Waals surface area (Å²) in [6.07, 6.45) is 2.61. The van der Waals surface area contributed by atoms with Crippen molar-refractivity contribution in [1.29, 1.82) is 0 Å². The third kappa shape index (κ3) is 4.56. The maximum atomic E-state index is 12.8. The van der Waals surface area contributed by atoms with E-state index >= 15 is 0 Å². The molecular weight excluding hydrogens is 370 g/mol. The van der Waals surface area contributed by atoms with Gasteiger partial charge in [0.25, 0.3) is 0 Å². The third-order valence-electron chi connectivity index (χ3n) is 5.25. The second kappa shape index (κ2) is 8.80. The van der Waals surface area contributed by atoms with E-state index in [0.717, 1.165) is 35.8 Å². The molecule has 146 valence electrons. The number of likely N-dealkylation sites (tertiary alicyclic amines) is 1. The summed E-state index contributed by atoms with van der Waals surface area (Å²) in [5.41, 5.74) is 1.93. The number of benzene rings is 2. The van der Waals surface area contributed by atoms with Gasteiger partial charge in [-0.3, -0.25) is 9.59 Å².